The van der Waals surface area contributed by atoms with E-state index >= 15 is 0 Å². The van der Waals surface area contributed by atoms with Crippen molar-refractivity contribution < 1.29 is 19.4 Å². The number of hydrogen-bond acceptors (Lipinski definition) is 3. The minimum Gasteiger partial charge on any atom is -0.479 e. The first-order valence-electron chi connectivity index (χ1n) is 6.99. The molecule has 6 nitrogen and oxygen atoms in total. The van der Waals surface area contributed by atoms with Crippen molar-refractivity contribution in [1.29, 1.82) is 0 Å². The molecule has 1 unspecified atom stereocenters. The van der Waals surface area contributed by atoms with Gasteiger partial charge in [-0.1, -0.05) is 24.3 Å². The third-order valence-corrected chi connectivity index (χ3v) is 3.56. The summed E-state index contributed by atoms with van der Waals surface area (Å²) in [4.78, 5) is 24.4. The van der Waals surface area contributed by atoms with Crippen LogP contribution in [0.1, 0.15) is 11.1 Å². The molecular weight excluding hydrogens is 272 g/mol. The largest absolute Gasteiger partial charge is 0.479 e. The number of aryl methyl sites for hydroxylation is 1. The standard InChI is InChI=1S/C15H20N2O4/c1-11-4-2-3-5-12(11)6-7-16-15(20)17-8-9-21-13(10-17)14(18)19/h2-5,13H,6-10H2,1H3,(H,16,20)(H,18,19). The highest BCUT2D eigenvalue weighted by Gasteiger charge is 2.28. The van der Waals surface area contributed by atoms with E-state index in [-0.39, 0.29) is 19.2 Å². The van der Waals surface area contributed by atoms with Crippen LogP contribution in [0.15, 0.2) is 24.3 Å². The lowest BCUT2D eigenvalue weighted by Crippen LogP contribution is -2.52. The molecule has 2 N–H and O–H groups in total. The molecule has 114 valence electrons. The summed E-state index contributed by atoms with van der Waals surface area (Å²) in [5, 5.41) is 11.7. The molecule has 21 heavy (non-hydrogen) atoms. The summed E-state index contributed by atoms with van der Waals surface area (Å²) in [6.45, 7) is 3.32. The fourth-order valence-electron chi connectivity index (χ4n) is 2.29. The number of carboxylic acids is 1. The van der Waals surface area contributed by atoms with E-state index in [1.54, 1.807) is 0 Å². The Morgan fingerprint density at radius 2 is 2.19 bits per heavy atom. The van der Waals surface area contributed by atoms with Gasteiger partial charge in [-0.2, -0.15) is 0 Å². The van der Waals surface area contributed by atoms with Gasteiger partial charge in [0, 0.05) is 13.1 Å². The number of nitrogens with zero attached hydrogens (tertiary/aromatic N) is 1. The van der Waals surface area contributed by atoms with E-state index in [0.717, 1.165) is 6.42 Å². The van der Waals surface area contributed by atoms with Gasteiger partial charge in [0.1, 0.15) is 0 Å². The van der Waals surface area contributed by atoms with Gasteiger partial charge in [0.2, 0.25) is 0 Å². The summed E-state index contributed by atoms with van der Waals surface area (Å²) in [6.07, 6.45) is -0.175. The molecule has 0 spiro atoms. The molecular formula is C15H20N2O4. The van der Waals surface area contributed by atoms with E-state index in [2.05, 4.69) is 5.32 Å². The molecule has 2 amide bonds. The predicted octanol–water partition coefficient (Wildman–Crippen LogP) is 1.03. The van der Waals surface area contributed by atoms with Crippen molar-refractivity contribution in [1.82, 2.24) is 10.2 Å². The number of morpholine rings is 1. The summed E-state index contributed by atoms with van der Waals surface area (Å²) in [6, 6.07) is 7.80. The minimum absolute atomic E-state index is 0.0888. The van der Waals surface area contributed by atoms with Crippen LogP contribution in [0.3, 0.4) is 0 Å². The molecule has 1 saturated heterocycles. The van der Waals surface area contributed by atoms with Crippen LogP contribution in [0.5, 0.6) is 0 Å². The number of amides is 2. The van der Waals surface area contributed by atoms with E-state index in [1.165, 1.54) is 16.0 Å². The van der Waals surface area contributed by atoms with Crippen LogP contribution in [0.25, 0.3) is 0 Å². The van der Waals surface area contributed by atoms with E-state index in [9.17, 15) is 9.59 Å². The van der Waals surface area contributed by atoms with Gasteiger partial charge in [0.25, 0.3) is 0 Å². The molecule has 1 atom stereocenters. The average Bonchev–Trinajstić information content (AvgIpc) is 2.49. The topological polar surface area (TPSA) is 78.9 Å². The Bertz CT molecular complexity index is 518. The maximum atomic E-state index is 12.0. The lowest BCUT2D eigenvalue weighted by atomic mass is 10.1. The Morgan fingerprint density at radius 1 is 1.43 bits per heavy atom. The van der Waals surface area contributed by atoms with Gasteiger partial charge >= 0.3 is 12.0 Å². The maximum absolute atomic E-state index is 12.0. The molecule has 6 heteroatoms. The van der Waals surface area contributed by atoms with Gasteiger partial charge in [0.05, 0.1) is 13.2 Å². The van der Waals surface area contributed by atoms with Crippen LogP contribution in [-0.2, 0) is 16.0 Å². The number of carbonyl (C=O) groups is 2. The summed E-state index contributed by atoms with van der Waals surface area (Å²) < 4.78 is 5.09. The van der Waals surface area contributed by atoms with Crippen molar-refractivity contribution in [3.8, 4) is 0 Å². The minimum atomic E-state index is -1.03. The molecule has 0 radical (unpaired) electrons. The highest BCUT2D eigenvalue weighted by atomic mass is 16.5. The summed E-state index contributed by atoms with van der Waals surface area (Å²) in [7, 11) is 0. The number of benzene rings is 1. The van der Waals surface area contributed by atoms with Crippen molar-refractivity contribution in [2.24, 2.45) is 0 Å². The number of aliphatic carboxylic acids is 1. The molecule has 1 aromatic carbocycles. The van der Waals surface area contributed by atoms with Crippen molar-refractivity contribution in [3.05, 3.63) is 35.4 Å². The zero-order valence-corrected chi connectivity index (χ0v) is 12.0. The number of urea groups is 1. The molecule has 1 aromatic rings. The van der Waals surface area contributed by atoms with Gasteiger partial charge < -0.3 is 20.1 Å². The molecule has 0 aromatic heterocycles. The second kappa shape index (κ2) is 7.08. The van der Waals surface area contributed by atoms with Crippen LogP contribution in [0.4, 0.5) is 4.79 Å². The summed E-state index contributed by atoms with van der Waals surface area (Å²) in [5.41, 5.74) is 2.40. The van der Waals surface area contributed by atoms with Crippen LogP contribution in [0.2, 0.25) is 0 Å². The lowest BCUT2D eigenvalue weighted by Gasteiger charge is -2.30. The van der Waals surface area contributed by atoms with Crippen LogP contribution in [0, 0.1) is 6.92 Å². The Labute approximate surface area is 123 Å². The first-order chi connectivity index (χ1) is 10.1. The van der Waals surface area contributed by atoms with E-state index in [1.807, 2.05) is 31.2 Å². The predicted molar refractivity (Wildman–Crippen MR) is 77.2 cm³/mol. The number of ether oxygens (including phenoxy) is 1. The van der Waals surface area contributed by atoms with E-state index < -0.39 is 12.1 Å². The van der Waals surface area contributed by atoms with Gasteiger partial charge in [-0.15, -0.1) is 0 Å². The molecule has 1 aliphatic heterocycles. The van der Waals surface area contributed by atoms with Gasteiger partial charge in [0.15, 0.2) is 6.10 Å². The first kappa shape index (κ1) is 15.3. The Balaban J connectivity index is 1.79. The highest BCUT2D eigenvalue weighted by Crippen LogP contribution is 2.08. The van der Waals surface area contributed by atoms with Crippen LogP contribution in [-0.4, -0.2) is 54.4 Å². The van der Waals surface area contributed by atoms with Crippen molar-refractivity contribution >= 4 is 12.0 Å². The number of rotatable bonds is 4. The maximum Gasteiger partial charge on any atom is 0.334 e. The Kier molecular flexibility index (Phi) is 5.16. The van der Waals surface area contributed by atoms with E-state index in [4.69, 9.17) is 9.84 Å². The fourth-order valence-corrected chi connectivity index (χ4v) is 2.29. The molecule has 0 bridgehead atoms. The molecule has 0 saturated carbocycles. The average molecular weight is 292 g/mol. The third kappa shape index (κ3) is 4.19. The SMILES string of the molecule is Cc1ccccc1CCNC(=O)N1CCOC(C(=O)O)C1. The molecule has 1 heterocycles. The second-order valence-corrected chi connectivity index (χ2v) is 5.05. The third-order valence-electron chi connectivity index (χ3n) is 3.56. The number of carboxylic acid groups (broad SMARTS) is 1. The Morgan fingerprint density at radius 3 is 2.90 bits per heavy atom. The summed E-state index contributed by atoms with van der Waals surface area (Å²) >= 11 is 0. The number of carbonyl (C=O) groups excluding carboxylic acids is 1. The van der Waals surface area contributed by atoms with Crippen LogP contribution < -0.4 is 5.32 Å². The summed E-state index contributed by atoms with van der Waals surface area (Å²) in [5.74, 6) is -1.03. The molecule has 0 aliphatic carbocycles. The Hall–Kier alpha value is -2.08. The first-order valence-corrected chi connectivity index (χ1v) is 6.99. The van der Waals surface area contributed by atoms with Gasteiger partial charge in [-0.25, -0.2) is 9.59 Å². The fraction of sp³-hybridized carbons (Fsp3) is 0.467. The smallest absolute Gasteiger partial charge is 0.334 e. The zero-order chi connectivity index (χ0) is 15.2. The zero-order valence-electron chi connectivity index (χ0n) is 12.0. The van der Waals surface area contributed by atoms with E-state index in [0.29, 0.717) is 13.1 Å². The number of nitrogens with one attached hydrogen (secondary N) is 1. The highest BCUT2D eigenvalue weighted by molar-refractivity contribution is 5.77. The lowest BCUT2D eigenvalue weighted by molar-refractivity contribution is -0.154. The second-order valence-electron chi connectivity index (χ2n) is 5.05. The quantitative estimate of drug-likeness (QED) is 0.869. The monoisotopic (exact) mass is 292 g/mol. The van der Waals surface area contributed by atoms with Crippen LogP contribution >= 0.6 is 0 Å². The normalized spacial score (nSPS) is 18.3. The van der Waals surface area contributed by atoms with Crippen molar-refractivity contribution in [3.63, 3.8) is 0 Å². The molecule has 2 rings (SSSR count). The van der Waals surface area contributed by atoms with Crippen molar-refractivity contribution in [2.75, 3.05) is 26.2 Å². The molecule has 1 aliphatic rings. The van der Waals surface area contributed by atoms with Crippen molar-refractivity contribution in [2.45, 2.75) is 19.4 Å². The van der Waals surface area contributed by atoms with Gasteiger partial charge in [-0.05, 0) is 24.5 Å². The number of hydrogen-bond donors (Lipinski definition) is 2. The molecule has 1 fully saturated rings. The van der Waals surface area contributed by atoms with Gasteiger partial charge in [-0.3, -0.25) is 0 Å².